The average Bonchev–Trinajstić information content (AvgIpc) is 3.13. The molecule has 2 bridgehead atoms. The monoisotopic (exact) mass is 293 g/mol. The average molecular weight is 293 g/mol. The Morgan fingerprint density at radius 3 is 2.82 bits per heavy atom. The first-order valence-electron chi connectivity index (χ1n) is 7.85. The number of hydrogen-bond acceptors (Lipinski definition) is 2. The van der Waals surface area contributed by atoms with Crippen molar-refractivity contribution in [1.82, 2.24) is 14.5 Å². The SMILES string of the molecule is O=C(c1ccc(Cn2ccnc2)cc1)N1C2C=CCC1CC2. The topological polar surface area (TPSA) is 38.1 Å². The van der Waals surface area contributed by atoms with Gasteiger partial charge in [0.2, 0.25) is 0 Å². The smallest absolute Gasteiger partial charge is 0.254 e. The molecule has 0 saturated carbocycles. The van der Waals surface area contributed by atoms with Gasteiger partial charge in [-0.2, -0.15) is 0 Å². The molecule has 2 aromatic rings. The van der Waals surface area contributed by atoms with Crippen LogP contribution in [0, 0.1) is 0 Å². The molecular formula is C18H19N3O. The number of hydrogen-bond donors (Lipinski definition) is 0. The Balaban J connectivity index is 1.51. The maximum absolute atomic E-state index is 12.8. The first-order chi connectivity index (χ1) is 10.8. The van der Waals surface area contributed by atoms with E-state index in [0.29, 0.717) is 12.1 Å². The number of amides is 1. The molecule has 2 unspecified atom stereocenters. The van der Waals surface area contributed by atoms with Gasteiger partial charge in [0.25, 0.3) is 5.91 Å². The summed E-state index contributed by atoms with van der Waals surface area (Å²) in [5.74, 6) is 0.172. The van der Waals surface area contributed by atoms with Crippen molar-refractivity contribution in [2.45, 2.75) is 37.9 Å². The summed E-state index contributed by atoms with van der Waals surface area (Å²) in [6, 6.07) is 8.67. The number of imidazole rings is 1. The van der Waals surface area contributed by atoms with E-state index in [9.17, 15) is 4.79 Å². The number of carbonyl (C=O) groups excluding carboxylic acids is 1. The van der Waals surface area contributed by atoms with Gasteiger partial charge in [-0.25, -0.2) is 4.98 Å². The second kappa shape index (κ2) is 5.44. The third-order valence-corrected chi connectivity index (χ3v) is 4.67. The summed E-state index contributed by atoms with van der Waals surface area (Å²) in [6.07, 6.45) is 13.2. The van der Waals surface area contributed by atoms with Crippen LogP contribution in [-0.2, 0) is 6.54 Å². The number of aromatic nitrogens is 2. The summed E-state index contributed by atoms with van der Waals surface area (Å²) in [4.78, 5) is 18.9. The highest BCUT2D eigenvalue weighted by Crippen LogP contribution is 2.32. The zero-order valence-electron chi connectivity index (χ0n) is 12.4. The minimum absolute atomic E-state index is 0.172. The van der Waals surface area contributed by atoms with Crippen molar-refractivity contribution in [3.63, 3.8) is 0 Å². The van der Waals surface area contributed by atoms with Gasteiger partial charge >= 0.3 is 0 Å². The Morgan fingerprint density at radius 2 is 2.09 bits per heavy atom. The maximum atomic E-state index is 12.8. The zero-order chi connectivity index (χ0) is 14.9. The van der Waals surface area contributed by atoms with E-state index in [4.69, 9.17) is 0 Å². The van der Waals surface area contributed by atoms with Crippen molar-refractivity contribution in [2.75, 3.05) is 0 Å². The molecule has 4 nitrogen and oxygen atoms in total. The molecule has 4 rings (SSSR count). The molecule has 0 aliphatic carbocycles. The molecule has 1 aromatic carbocycles. The van der Waals surface area contributed by atoms with E-state index in [-0.39, 0.29) is 5.91 Å². The Labute approximate surface area is 130 Å². The van der Waals surface area contributed by atoms with Crippen LogP contribution in [0.3, 0.4) is 0 Å². The lowest BCUT2D eigenvalue weighted by Gasteiger charge is -2.31. The summed E-state index contributed by atoms with van der Waals surface area (Å²) in [7, 11) is 0. The highest BCUT2D eigenvalue weighted by atomic mass is 16.2. The standard InChI is InChI=1S/C18H19N3O/c22-18(21-16-2-1-3-17(21)9-8-16)15-6-4-14(5-7-15)12-20-11-10-19-13-20/h1-2,4-7,10-11,13,16-17H,3,8-9,12H2. The van der Waals surface area contributed by atoms with Crippen LogP contribution in [0.25, 0.3) is 0 Å². The zero-order valence-corrected chi connectivity index (χ0v) is 12.4. The van der Waals surface area contributed by atoms with E-state index in [1.54, 1.807) is 12.5 Å². The van der Waals surface area contributed by atoms with Crippen molar-refractivity contribution in [2.24, 2.45) is 0 Å². The second-order valence-electron chi connectivity index (χ2n) is 6.11. The highest BCUT2D eigenvalue weighted by Gasteiger charge is 2.37. The third kappa shape index (κ3) is 2.34. The molecule has 112 valence electrons. The van der Waals surface area contributed by atoms with Crippen LogP contribution in [0.15, 0.2) is 55.1 Å². The number of benzene rings is 1. The van der Waals surface area contributed by atoms with Gasteiger partial charge in [-0.05, 0) is 37.0 Å². The third-order valence-electron chi connectivity index (χ3n) is 4.67. The molecule has 0 spiro atoms. The van der Waals surface area contributed by atoms with E-state index in [1.807, 2.05) is 35.0 Å². The fraction of sp³-hybridized carbons (Fsp3) is 0.333. The molecule has 1 amide bonds. The Hall–Kier alpha value is -2.36. The largest absolute Gasteiger partial charge is 0.333 e. The maximum Gasteiger partial charge on any atom is 0.254 e. The molecule has 3 heterocycles. The normalized spacial score (nSPS) is 23.0. The molecule has 0 radical (unpaired) electrons. The lowest BCUT2D eigenvalue weighted by Crippen LogP contribution is -2.42. The highest BCUT2D eigenvalue weighted by molar-refractivity contribution is 5.95. The van der Waals surface area contributed by atoms with Crippen LogP contribution < -0.4 is 0 Å². The second-order valence-corrected chi connectivity index (χ2v) is 6.11. The van der Waals surface area contributed by atoms with Crippen molar-refractivity contribution >= 4 is 5.91 Å². The van der Waals surface area contributed by atoms with Gasteiger partial charge in [0, 0.05) is 30.5 Å². The molecule has 2 aliphatic heterocycles. The molecule has 22 heavy (non-hydrogen) atoms. The van der Waals surface area contributed by atoms with E-state index in [1.165, 1.54) is 5.56 Å². The van der Waals surface area contributed by atoms with Crippen LogP contribution >= 0.6 is 0 Å². The molecule has 1 saturated heterocycles. The molecule has 0 N–H and O–H groups in total. The minimum Gasteiger partial charge on any atom is -0.333 e. The first kappa shape index (κ1) is 13.3. The van der Waals surface area contributed by atoms with Crippen LogP contribution in [0.5, 0.6) is 0 Å². The molecular weight excluding hydrogens is 274 g/mol. The van der Waals surface area contributed by atoms with Gasteiger partial charge < -0.3 is 9.47 Å². The van der Waals surface area contributed by atoms with Crippen molar-refractivity contribution in [3.05, 3.63) is 66.3 Å². The molecule has 1 fully saturated rings. The number of fused-ring (bicyclic) bond motifs is 2. The van der Waals surface area contributed by atoms with Crippen molar-refractivity contribution in [1.29, 1.82) is 0 Å². The van der Waals surface area contributed by atoms with E-state index >= 15 is 0 Å². The fourth-order valence-corrected chi connectivity index (χ4v) is 3.53. The van der Waals surface area contributed by atoms with Gasteiger partial charge in [-0.1, -0.05) is 24.3 Å². The van der Waals surface area contributed by atoms with E-state index in [2.05, 4.69) is 22.0 Å². The lowest BCUT2D eigenvalue weighted by atomic mass is 10.1. The van der Waals surface area contributed by atoms with E-state index in [0.717, 1.165) is 31.4 Å². The van der Waals surface area contributed by atoms with Gasteiger partial charge in [-0.15, -0.1) is 0 Å². The Bertz CT molecular complexity index is 688. The quantitative estimate of drug-likeness (QED) is 0.816. The minimum atomic E-state index is 0.172. The fourth-order valence-electron chi connectivity index (χ4n) is 3.53. The van der Waals surface area contributed by atoms with Crippen LogP contribution in [0.1, 0.15) is 35.2 Å². The Morgan fingerprint density at radius 1 is 1.23 bits per heavy atom. The lowest BCUT2D eigenvalue weighted by molar-refractivity contribution is 0.0689. The predicted molar refractivity (Wildman–Crippen MR) is 84.5 cm³/mol. The van der Waals surface area contributed by atoms with Crippen molar-refractivity contribution < 1.29 is 4.79 Å². The van der Waals surface area contributed by atoms with Crippen LogP contribution in [0.4, 0.5) is 0 Å². The summed E-state index contributed by atoms with van der Waals surface area (Å²) < 4.78 is 2.02. The van der Waals surface area contributed by atoms with Crippen molar-refractivity contribution in [3.8, 4) is 0 Å². The summed E-state index contributed by atoms with van der Waals surface area (Å²) in [5.41, 5.74) is 1.97. The van der Waals surface area contributed by atoms with Crippen LogP contribution in [-0.4, -0.2) is 32.4 Å². The molecule has 2 aliphatic rings. The summed E-state index contributed by atoms with van der Waals surface area (Å²) in [6.45, 7) is 0.784. The number of rotatable bonds is 3. The number of carbonyl (C=O) groups is 1. The summed E-state index contributed by atoms with van der Waals surface area (Å²) in [5, 5.41) is 0. The molecule has 1 aromatic heterocycles. The van der Waals surface area contributed by atoms with Gasteiger partial charge in [-0.3, -0.25) is 4.79 Å². The molecule has 4 heteroatoms. The van der Waals surface area contributed by atoms with Gasteiger partial charge in [0.05, 0.1) is 12.4 Å². The van der Waals surface area contributed by atoms with Gasteiger partial charge in [0.1, 0.15) is 0 Å². The molecule has 2 atom stereocenters. The van der Waals surface area contributed by atoms with E-state index < -0.39 is 0 Å². The number of nitrogens with zero attached hydrogens (tertiary/aromatic N) is 3. The van der Waals surface area contributed by atoms with Gasteiger partial charge in [0.15, 0.2) is 0 Å². The Kier molecular flexibility index (Phi) is 3.29. The van der Waals surface area contributed by atoms with Crippen LogP contribution in [0.2, 0.25) is 0 Å². The predicted octanol–water partition coefficient (Wildman–Crippen LogP) is 2.86. The first-order valence-corrected chi connectivity index (χ1v) is 7.85. The summed E-state index contributed by atoms with van der Waals surface area (Å²) >= 11 is 0.